The number of piperazine rings is 1. The molecule has 0 saturated carbocycles. The summed E-state index contributed by atoms with van der Waals surface area (Å²) in [4.78, 5) is 37.7. The molecule has 2 aromatic heterocycles. The van der Waals surface area contributed by atoms with Gasteiger partial charge in [-0.2, -0.15) is 0 Å². The van der Waals surface area contributed by atoms with Crippen molar-refractivity contribution in [1.82, 2.24) is 20.2 Å². The number of pyridine rings is 2. The number of benzene rings is 1. The smallest absolute Gasteiger partial charge is 0.336 e. The van der Waals surface area contributed by atoms with E-state index in [1.54, 1.807) is 12.1 Å². The Bertz CT molecular complexity index is 1260. The molecule has 11 heteroatoms. The summed E-state index contributed by atoms with van der Waals surface area (Å²) in [5, 5.41) is 23.4. The topological polar surface area (TPSA) is 145 Å². The highest BCUT2D eigenvalue weighted by Crippen LogP contribution is 2.33. The number of fused-ring (bicyclic) bond motifs is 1. The van der Waals surface area contributed by atoms with Gasteiger partial charge in [-0.1, -0.05) is 6.07 Å². The molecule has 4 rings (SSSR count). The highest BCUT2D eigenvalue weighted by Gasteiger charge is 2.25. The van der Waals surface area contributed by atoms with Gasteiger partial charge in [0.2, 0.25) is 0 Å². The number of aromatic nitrogens is 2. The fraction of sp³-hybridized carbons (Fsp3) is 0.360. The monoisotopic (exact) mass is 496 g/mol. The van der Waals surface area contributed by atoms with Crippen LogP contribution >= 0.6 is 0 Å². The van der Waals surface area contributed by atoms with E-state index in [1.165, 1.54) is 12.3 Å². The fourth-order valence-electron chi connectivity index (χ4n) is 4.33. The van der Waals surface area contributed by atoms with Crippen LogP contribution < -0.4 is 16.0 Å². The number of carbonyl (C=O) groups is 2. The number of halogens is 1. The highest BCUT2D eigenvalue weighted by molar-refractivity contribution is 6.04. The fourth-order valence-corrected chi connectivity index (χ4v) is 4.33. The molecule has 0 aliphatic carbocycles. The van der Waals surface area contributed by atoms with Crippen LogP contribution in [0.15, 0.2) is 36.5 Å². The second-order valence-electron chi connectivity index (χ2n) is 8.65. The number of carboxylic acids is 1. The first-order valence-electron chi connectivity index (χ1n) is 11.8. The maximum Gasteiger partial charge on any atom is 0.336 e. The molecule has 1 aliphatic rings. The van der Waals surface area contributed by atoms with E-state index in [9.17, 15) is 24.2 Å². The predicted molar refractivity (Wildman–Crippen MR) is 133 cm³/mol. The predicted octanol–water partition coefficient (Wildman–Crippen LogP) is 1.96. The van der Waals surface area contributed by atoms with E-state index in [0.717, 1.165) is 44.6 Å². The van der Waals surface area contributed by atoms with Crippen molar-refractivity contribution >= 4 is 28.6 Å². The number of carboxylic acid groups (broad SMARTS) is 1. The molecule has 1 aromatic carbocycles. The molecule has 0 atom stereocenters. The van der Waals surface area contributed by atoms with Gasteiger partial charge in [0.05, 0.1) is 5.56 Å². The molecule has 1 amide bonds. The molecular formula is C25H29FN6O4. The Morgan fingerprint density at radius 1 is 1.14 bits per heavy atom. The molecule has 3 heterocycles. The maximum atomic E-state index is 13.5. The van der Waals surface area contributed by atoms with Crippen molar-refractivity contribution in [3.63, 3.8) is 0 Å². The first-order valence-corrected chi connectivity index (χ1v) is 11.8. The quantitative estimate of drug-likeness (QED) is 0.327. The molecule has 36 heavy (non-hydrogen) atoms. The average molecular weight is 497 g/mol. The second-order valence-corrected chi connectivity index (χ2v) is 8.65. The van der Waals surface area contributed by atoms with E-state index >= 15 is 0 Å². The number of unbranched alkanes of at least 4 members (excludes halogenated alkanes) is 1. The van der Waals surface area contributed by atoms with E-state index < -0.39 is 17.7 Å². The minimum atomic E-state index is -1.31. The zero-order valence-corrected chi connectivity index (χ0v) is 19.8. The van der Waals surface area contributed by atoms with Crippen molar-refractivity contribution < 1.29 is 24.2 Å². The SMILES string of the molecule is NCCCCN1CCN(c2nc(C(=O)NCc3ccc(F)cc3C(=O)O)c(O)c3ncccc23)CC1. The summed E-state index contributed by atoms with van der Waals surface area (Å²) >= 11 is 0. The summed E-state index contributed by atoms with van der Waals surface area (Å²) in [7, 11) is 0. The van der Waals surface area contributed by atoms with Gasteiger partial charge >= 0.3 is 5.97 Å². The van der Waals surface area contributed by atoms with Gasteiger partial charge in [0.15, 0.2) is 11.4 Å². The molecule has 1 saturated heterocycles. The first kappa shape index (κ1) is 25.3. The van der Waals surface area contributed by atoms with Gasteiger partial charge in [-0.15, -0.1) is 0 Å². The van der Waals surface area contributed by atoms with Gasteiger partial charge in [-0.3, -0.25) is 14.7 Å². The van der Waals surface area contributed by atoms with E-state index in [0.29, 0.717) is 30.8 Å². The van der Waals surface area contributed by atoms with Gasteiger partial charge in [0.1, 0.15) is 17.2 Å². The molecule has 1 aliphatic heterocycles. The third-order valence-electron chi connectivity index (χ3n) is 6.27. The number of nitrogens with one attached hydrogen (secondary N) is 1. The number of amides is 1. The van der Waals surface area contributed by atoms with Gasteiger partial charge in [0, 0.05) is 44.3 Å². The molecule has 0 radical (unpaired) electrons. The lowest BCUT2D eigenvalue weighted by Crippen LogP contribution is -2.47. The Balaban J connectivity index is 1.57. The van der Waals surface area contributed by atoms with Crippen LogP contribution in [0.5, 0.6) is 5.75 Å². The van der Waals surface area contributed by atoms with Gasteiger partial charge in [-0.05, 0) is 55.8 Å². The summed E-state index contributed by atoms with van der Waals surface area (Å²) in [6, 6.07) is 6.87. The number of aromatic carboxylic acids is 1. The molecule has 0 bridgehead atoms. The van der Waals surface area contributed by atoms with Crippen molar-refractivity contribution in [2.45, 2.75) is 19.4 Å². The van der Waals surface area contributed by atoms with Crippen LogP contribution in [0.25, 0.3) is 10.9 Å². The Morgan fingerprint density at radius 2 is 1.92 bits per heavy atom. The van der Waals surface area contributed by atoms with E-state index in [2.05, 4.69) is 25.1 Å². The number of rotatable bonds is 9. The zero-order valence-electron chi connectivity index (χ0n) is 19.8. The van der Waals surface area contributed by atoms with Crippen LogP contribution in [0.3, 0.4) is 0 Å². The number of nitrogens with zero attached hydrogens (tertiary/aromatic N) is 4. The largest absolute Gasteiger partial charge is 0.504 e. The van der Waals surface area contributed by atoms with Crippen LogP contribution in [-0.4, -0.2) is 76.2 Å². The summed E-state index contributed by atoms with van der Waals surface area (Å²) in [5.74, 6) is -2.49. The van der Waals surface area contributed by atoms with Crippen molar-refractivity contribution in [1.29, 1.82) is 0 Å². The Hall–Kier alpha value is -3.83. The van der Waals surface area contributed by atoms with Gasteiger partial charge < -0.3 is 26.2 Å². The summed E-state index contributed by atoms with van der Waals surface area (Å²) in [6.07, 6.45) is 3.56. The summed E-state index contributed by atoms with van der Waals surface area (Å²) in [6.45, 7) is 4.54. The lowest BCUT2D eigenvalue weighted by molar-refractivity contribution is 0.0693. The Labute approximate surface area is 207 Å². The zero-order chi connectivity index (χ0) is 25.7. The van der Waals surface area contributed by atoms with E-state index in [4.69, 9.17) is 5.73 Å². The number of aromatic hydroxyl groups is 1. The normalized spacial score (nSPS) is 14.2. The van der Waals surface area contributed by atoms with Crippen molar-refractivity contribution in [3.8, 4) is 5.75 Å². The van der Waals surface area contributed by atoms with Crippen LogP contribution in [0.4, 0.5) is 10.2 Å². The van der Waals surface area contributed by atoms with Gasteiger partial charge in [-0.25, -0.2) is 14.2 Å². The number of nitrogens with two attached hydrogens (primary N) is 1. The van der Waals surface area contributed by atoms with Gasteiger partial charge in [0.25, 0.3) is 5.91 Å². The Kier molecular flexibility index (Phi) is 7.91. The average Bonchev–Trinajstić information content (AvgIpc) is 2.89. The molecule has 1 fully saturated rings. The molecular weight excluding hydrogens is 467 g/mol. The van der Waals surface area contributed by atoms with Crippen LogP contribution in [0.2, 0.25) is 0 Å². The molecule has 10 nitrogen and oxygen atoms in total. The third-order valence-corrected chi connectivity index (χ3v) is 6.27. The van der Waals surface area contributed by atoms with Crippen LogP contribution in [0.1, 0.15) is 39.3 Å². The highest BCUT2D eigenvalue weighted by atomic mass is 19.1. The van der Waals surface area contributed by atoms with E-state index in [1.807, 2.05) is 0 Å². The van der Waals surface area contributed by atoms with Crippen LogP contribution in [0, 0.1) is 5.82 Å². The molecule has 190 valence electrons. The van der Waals surface area contributed by atoms with Crippen molar-refractivity contribution in [2.75, 3.05) is 44.2 Å². The lowest BCUT2D eigenvalue weighted by atomic mass is 10.1. The molecule has 0 spiro atoms. The van der Waals surface area contributed by atoms with Crippen LogP contribution in [-0.2, 0) is 6.54 Å². The Morgan fingerprint density at radius 3 is 2.64 bits per heavy atom. The van der Waals surface area contributed by atoms with Crippen molar-refractivity contribution in [2.24, 2.45) is 5.73 Å². The van der Waals surface area contributed by atoms with E-state index in [-0.39, 0.29) is 34.6 Å². The molecule has 3 aromatic rings. The number of hydrogen-bond acceptors (Lipinski definition) is 8. The maximum absolute atomic E-state index is 13.5. The second kappa shape index (κ2) is 11.3. The number of hydrogen-bond donors (Lipinski definition) is 4. The minimum Gasteiger partial charge on any atom is -0.504 e. The third kappa shape index (κ3) is 5.52. The first-order chi connectivity index (χ1) is 17.4. The summed E-state index contributed by atoms with van der Waals surface area (Å²) < 4.78 is 13.5. The number of anilines is 1. The summed E-state index contributed by atoms with van der Waals surface area (Å²) in [5.41, 5.74) is 5.61. The minimum absolute atomic E-state index is 0.182. The lowest BCUT2D eigenvalue weighted by Gasteiger charge is -2.36. The number of carbonyl (C=O) groups excluding carboxylic acids is 1. The standard InChI is InChI=1S/C25H29FN6O4/c26-17-6-5-16(19(14-17)25(35)36)15-29-24(34)21-22(33)20-18(4-3-8-28-20)23(30-21)32-12-10-31(11-13-32)9-2-1-7-27/h3-6,8,14,33H,1-2,7,9-13,15,27H2,(H,29,34)(H,35,36). The molecule has 5 N–H and O–H groups in total. The van der Waals surface area contributed by atoms with Crippen molar-refractivity contribution in [3.05, 3.63) is 59.2 Å². The molecule has 0 unspecified atom stereocenters.